The molecule has 4 rings (SSSR count). The summed E-state index contributed by atoms with van der Waals surface area (Å²) < 4.78 is 17.8. The van der Waals surface area contributed by atoms with Gasteiger partial charge in [-0.25, -0.2) is 19.6 Å². The number of ether oxygens (including phenoxy) is 3. The largest absolute Gasteiger partial charge is 0.459 e. The molecule has 0 spiro atoms. The predicted octanol–water partition coefficient (Wildman–Crippen LogP) is 6.60. The van der Waals surface area contributed by atoms with Crippen LogP contribution in [0.4, 0.5) is 0 Å². The summed E-state index contributed by atoms with van der Waals surface area (Å²) in [6, 6.07) is 19.6. The minimum atomic E-state index is -0.618. The van der Waals surface area contributed by atoms with Gasteiger partial charge >= 0.3 is 11.9 Å². The van der Waals surface area contributed by atoms with Gasteiger partial charge in [0.1, 0.15) is 30.7 Å². The van der Waals surface area contributed by atoms with Gasteiger partial charge in [0.15, 0.2) is 0 Å². The molecule has 1 aliphatic heterocycles. The summed E-state index contributed by atoms with van der Waals surface area (Å²) in [5.74, 6) is -0.198. The van der Waals surface area contributed by atoms with Gasteiger partial charge < -0.3 is 14.2 Å². The zero-order valence-corrected chi connectivity index (χ0v) is 22.9. The molecular formula is C32H38N2O5. The Balaban J connectivity index is 1.44. The van der Waals surface area contributed by atoms with E-state index in [9.17, 15) is 9.59 Å². The van der Waals surface area contributed by atoms with Crippen molar-refractivity contribution in [3.05, 3.63) is 95.1 Å². The first-order valence-corrected chi connectivity index (χ1v) is 14.0. The first kappa shape index (κ1) is 28.4. The number of aryl methyl sites for hydroxylation is 2. The zero-order chi connectivity index (χ0) is 27.5. The molecule has 0 amide bonds. The number of carbonyl (C=O) groups is 2. The molecule has 2 aromatic carbocycles. The van der Waals surface area contributed by atoms with E-state index in [1.807, 2.05) is 25.1 Å². The number of aromatic nitrogens is 2. The van der Waals surface area contributed by atoms with Gasteiger partial charge in [-0.05, 0) is 50.1 Å². The molecule has 0 aliphatic carbocycles. The molecule has 7 nitrogen and oxygen atoms in total. The van der Waals surface area contributed by atoms with Crippen LogP contribution in [0, 0.1) is 6.92 Å². The molecule has 0 unspecified atom stereocenters. The highest BCUT2D eigenvalue weighted by atomic mass is 16.6. The van der Waals surface area contributed by atoms with E-state index < -0.39 is 30.3 Å². The lowest BCUT2D eigenvalue weighted by Crippen LogP contribution is -2.32. The van der Waals surface area contributed by atoms with Gasteiger partial charge in [0.05, 0.1) is 16.8 Å². The minimum Gasteiger partial charge on any atom is -0.459 e. The van der Waals surface area contributed by atoms with Crippen LogP contribution in [-0.4, -0.2) is 40.7 Å². The number of hydrogen-bond donors (Lipinski definition) is 0. The van der Waals surface area contributed by atoms with Crippen molar-refractivity contribution in [2.24, 2.45) is 0 Å². The Morgan fingerprint density at radius 2 is 1.51 bits per heavy atom. The molecule has 0 radical (unpaired) electrons. The zero-order valence-electron chi connectivity index (χ0n) is 22.9. The standard InChI is InChI=1S/C32H38N2O5/c1-3-4-5-6-7-14-19-26-20-27(34-23(2)33-26)28-21-29(39-32(36)25-17-12-9-13-18-25)30(38-28)22-37-31(35)24-15-10-8-11-16-24/h8-13,15-18,20,28-30H,3-7,14,19,21-22H2,1-2H3/t28-,29-,30+/m0/s1. The third kappa shape index (κ3) is 8.45. The molecule has 7 heteroatoms. The number of carbonyl (C=O) groups excluding carboxylic acids is 2. The lowest BCUT2D eigenvalue weighted by Gasteiger charge is -2.19. The highest BCUT2D eigenvalue weighted by Crippen LogP contribution is 2.35. The van der Waals surface area contributed by atoms with Crippen LogP contribution >= 0.6 is 0 Å². The summed E-state index contributed by atoms with van der Waals surface area (Å²) in [5.41, 5.74) is 2.67. The molecule has 39 heavy (non-hydrogen) atoms. The predicted molar refractivity (Wildman–Crippen MR) is 148 cm³/mol. The van der Waals surface area contributed by atoms with E-state index in [4.69, 9.17) is 14.2 Å². The third-order valence-corrected chi connectivity index (χ3v) is 6.88. The van der Waals surface area contributed by atoms with Crippen LogP contribution < -0.4 is 0 Å². The molecule has 1 aromatic heterocycles. The van der Waals surface area contributed by atoms with Gasteiger partial charge in [0, 0.05) is 12.1 Å². The second-order valence-corrected chi connectivity index (χ2v) is 10.0. The Hall–Kier alpha value is -3.58. The number of rotatable bonds is 13. The molecule has 2 heterocycles. The summed E-state index contributed by atoms with van der Waals surface area (Å²) in [7, 11) is 0. The van der Waals surface area contributed by atoms with Gasteiger partial charge in [-0.3, -0.25) is 0 Å². The van der Waals surface area contributed by atoms with E-state index in [0.29, 0.717) is 23.4 Å². The number of esters is 2. The van der Waals surface area contributed by atoms with Crippen molar-refractivity contribution in [1.82, 2.24) is 9.97 Å². The summed E-state index contributed by atoms with van der Waals surface area (Å²) in [6.07, 6.45) is 7.01. The van der Waals surface area contributed by atoms with Crippen LogP contribution in [0.1, 0.15) is 95.9 Å². The SMILES string of the molecule is CCCCCCCCc1cc([C@@H]2C[C@H](OC(=O)c3ccccc3)[C@@H](COC(=O)c3ccccc3)O2)nc(C)n1. The summed E-state index contributed by atoms with van der Waals surface area (Å²) in [4.78, 5) is 34.7. The maximum atomic E-state index is 12.9. The van der Waals surface area contributed by atoms with Crippen molar-refractivity contribution in [1.29, 1.82) is 0 Å². The average Bonchev–Trinajstić information content (AvgIpc) is 3.36. The van der Waals surface area contributed by atoms with E-state index in [2.05, 4.69) is 16.9 Å². The second kappa shape index (κ2) is 14.5. The summed E-state index contributed by atoms with van der Waals surface area (Å²) in [5, 5.41) is 0. The molecule has 206 valence electrons. The lowest BCUT2D eigenvalue weighted by molar-refractivity contribution is -0.0433. The van der Waals surface area contributed by atoms with Crippen molar-refractivity contribution in [3.8, 4) is 0 Å². The van der Waals surface area contributed by atoms with Gasteiger partial charge in [-0.15, -0.1) is 0 Å². The fourth-order valence-electron chi connectivity index (χ4n) is 4.81. The molecule has 3 aromatic rings. The average molecular weight is 531 g/mol. The Bertz CT molecular complexity index is 1200. The lowest BCUT2D eigenvalue weighted by atomic mass is 10.1. The fraction of sp³-hybridized carbons (Fsp3) is 0.438. The van der Waals surface area contributed by atoms with Crippen LogP contribution in [0.15, 0.2) is 66.7 Å². The Labute approximate surface area is 230 Å². The smallest absolute Gasteiger partial charge is 0.338 e. The molecule has 0 saturated carbocycles. The highest BCUT2D eigenvalue weighted by Gasteiger charge is 2.40. The topological polar surface area (TPSA) is 87.6 Å². The highest BCUT2D eigenvalue weighted by molar-refractivity contribution is 5.90. The Morgan fingerprint density at radius 3 is 2.21 bits per heavy atom. The Kier molecular flexibility index (Phi) is 10.6. The van der Waals surface area contributed by atoms with Crippen molar-refractivity contribution in [2.75, 3.05) is 6.61 Å². The van der Waals surface area contributed by atoms with E-state index in [-0.39, 0.29) is 6.61 Å². The van der Waals surface area contributed by atoms with Crippen molar-refractivity contribution >= 4 is 11.9 Å². The van der Waals surface area contributed by atoms with E-state index in [1.165, 1.54) is 32.1 Å². The first-order chi connectivity index (χ1) is 19.0. The van der Waals surface area contributed by atoms with Gasteiger partial charge in [0.25, 0.3) is 0 Å². The van der Waals surface area contributed by atoms with Gasteiger partial charge in [-0.2, -0.15) is 0 Å². The molecule has 0 bridgehead atoms. The molecule has 1 fully saturated rings. The Morgan fingerprint density at radius 1 is 0.872 bits per heavy atom. The third-order valence-electron chi connectivity index (χ3n) is 6.88. The minimum absolute atomic E-state index is 0.0361. The normalized spacial score (nSPS) is 18.6. The van der Waals surface area contributed by atoms with Crippen LogP contribution in [0.2, 0.25) is 0 Å². The molecular weight excluding hydrogens is 492 g/mol. The van der Waals surface area contributed by atoms with E-state index >= 15 is 0 Å². The van der Waals surface area contributed by atoms with Crippen molar-refractivity contribution < 1.29 is 23.8 Å². The molecule has 3 atom stereocenters. The number of unbranched alkanes of at least 4 members (excludes halogenated alkanes) is 5. The van der Waals surface area contributed by atoms with Crippen LogP contribution in [0.5, 0.6) is 0 Å². The van der Waals surface area contributed by atoms with Crippen LogP contribution in [0.3, 0.4) is 0 Å². The first-order valence-electron chi connectivity index (χ1n) is 14.0. The quantitative estimate of drug-likeness (QED) is 0.182. The van der Waals surface area contributed by atoms with E-state index in [0.717, 1.165) is 24.2 Å². The van der Waals surface area contributed by atoms with E-state index in [1.54, 1.807) is 48.5 Å². The second-order valence-electron chi connectivity index (χ2n) is 10.0. The monoisotopic (exact) mass is 530 g/mol. The molecule has 1 aliphatic rings. The maximum Gasteiger partial charge on any atom is 0.338 e. The molecule has 0 N–H and O–H groups in total. The number of hydrogen-bond acceptors (Lipinski definition) is 7. The summed E-state index contributed by atoms with van der Waals surface area (Å²) >= 11 is 0. The molecule has 1 saturated heterocycles. The summed E-state index contributed by atoms with van der Waals surface area (Å²) in [6.45, 7) is 4.07. The fourth-order valence-corrected chi connectivity index (χ4v) is 4.81. The van der Waals surface area contributed by atoms with Crippen LogP contribution in [0.25, 0.3) is 0 Å². The van der Waals surface area contributed by atoms with Gasteiger partial charge in [0.2, 0.25) is 0 Å². The van der Waals surface area contributed by atoms with Crippen molar-refractivity contribution in [2.45, 2.75) is 83.5 Å². The number of benzene rings is 2. The number of nitrogens with zero attached hydrogens (tertiary/aromatic N) is 2. The maximum absolute atomic E-state index is 12.9. The van der Waals surface area contributed by atoms with Crippen LogP contribution in [-0.2, 0) is 20.6 Å². The van der Waals surface area contributed by atoms with Gasteiger partial charge in [-0.1, -0.05) is 75.4 Å². The van der Waals surface area contributed by atoms with Crippen molar-refractivity contribution in [3.63, 3.8) is 0 Å².